The van der Waals surface area contributed by atoms with Gasteiger partial charge < -0.3 is 0 Å². The van der Waals surface area contributed by atoms with Gasteiger partial charge in [-0.05, 0) is 35.7 Å². The number of rotatable bonds is 5. The van der Waals surface area contributed by atoms with Crippen molar-refractivity contribution in [2.45, 2.75) is 18.9 Å². The van der Waals surface area contributed by atoms with Crippen LogP contribution in [0.15, 0.2) is 95.1 Å². The summed E-state index contributed by atoms with van der Waals surface area (Å²) in [4.78, 5) is 12.8. The van der Waals surface area contributed by atoms with Gasteiger partial charge in [-0.1, -0.05) is 84.4 Å². The Bertz CT molecular complexity index is 1050. The van der Waals surface area contributed by atoms with Gasteiger partial charge in [-0.3, -0.25) is 10.2 Å². The first kappa shape index (κ1) is 19.9. The highest BCUT2D eigenvalue weighted by Crippen LogP contribution is 2.36. The molecule has 0 aliphatic carbocycles. The Morgan fingerprint density at radius 3 is 2.10 bits per heavy atom. The summed E-state index contributed by atoms with van der Waals surface area (Å²) in [5.74, 6) is -0.329. The minimum absolute atomic E-state index is 0.329. The fourth-order valence-electron chi connectivity index (χ4n) is 3.52. The van der Waals surface area contributed by atoms with Crippen LogP contribution in [0.25, 0.3) is 0 Å². The molecule has 0 radical (unpaired) electrons. The lowest BCUT2D eigenvalue weighted by molar-refractivity contribution is -0.114. The van der Waals surface area contributed by atoms with E-state index < -0.39 is 5.54 Å². The van der Waals surface area contributed by atoms with Crippen LogP contribution in [-0.2, 0) is 10.3 Å². The highest BCUT2D eigenvalue weighted by atomic mass is 35.5. The molecule has 0 saturated heterocycles. The summed E-state index contributed by atoms with van der Waals surface area (Å²) < 4.78 is 0. The van der Waals surface area contributed by atoms with E-state index in [1.807, 2.05) is 79.7 Å². The maximum absolute atomic E-state index is 12.8. The first-order valence-corrected chi connectivity index (χ1v) is 10.0. The second-order valence-corrected chi connectivity index (χ2v) is 7.57. The molecule has 2 N–H and O–H groups in total. The number of carbonyl (C=O) groups excluding carboxylic acids is 1. The first-order chi connectivity index (χ1) is 14.6. The molecule has 3 aromatic carbocycles. The molecule has 0 atom stereocenters. The summed E-state index contributed by atoms with van der Waals surface area (Å²) in [6.45, 7) is 1.83. The van der Waals surface area contributed by atoms with Crippen molar-refractivity contribution in [3.63, 3.8) is 0 Å². The van der Waals surface area contributed by atoms with Crippen LogP contribution < -0.4 is 10.9 Å². The van der Waals surface area contributed by atoms with Crippen LogP contribution in [0.4, 0.5) is 0 Å². The van der Waals surface area contributed by atoms with Crippen LogP contribution in [0.2, 0.25) is 5.02 Å². The van der Waals surface area contributed by atoms with Gasteiger partial charge in [-0.2, -0.15) is 10.2 Å². The monoisotopic (exact) mass is 416 g/mol. The Morgan fingerprint density at radius 1 is 0.967 bits per heavy atom. The van der Waals surface area contributed by atoms with Crippen molar-refractivity contribution in [1.29, 1.82) is 0 Å². The number of amides is 1. The van der Waals surface area contributed by atoms with Gasteiger partial charge in [-0.15, -0.1) is 0 Å². The van der Waals surface area contributed by atoms with Gasteiger partial charge in [-0.25, -0.2) is 5.43 Å². The van der Waals surface area contributed by atoms with Gasteiger partial charge >= 0.3 is 0 Å². The van der Waals surface area contributed by atoms with E-state index in [0.717, 1.165) is 16.7 Å². The summed E-state index contributed by atoms with van der Waals surface area (Å²) in [6, 6.07) is 27.3. The lowest BCUT2D eigenvalue weighted by Crippen LogP contribution is -2.38. The molecule has 0 spiro atoms. The van der Waals surface area contributed by atoms with Crippen molar-refractivity contribution in [2.75, 3.05) is 0 Å². The van der Waals surface area contributed by atoms with E-state index in [-0.39, 0.29) is 5.91 Å². The van der Waals surface area contributed by atoms with Gasteiger partial charge in [0.1, 0.15) is 11.3 Å². The Kier molecular flexibility index (Phi) is 5.63. The largest absolute Gasteiger partial charge is 0.294 e. The maximum Gasteiger partial charge on any atom is 0.287 e. The molecule has 150 valence electrons. The van der Waals surface area contributed by atoms with Crippen molar-refractivity contribution >= 4 is 28.9 Å². The summed E-state index contributed by atoms with van der Waals surface area (Å²) in [7, 11) is 0. The highest BCUT2D eigenvalue weighted by molar-refractivity contribution is 6.39. The average molecular weight is 417 g/mol. The minimum Gasteiger partial charge on any atom is -0.294 e. The molecule has 30 heavy (non-hydrogen) atoms. The smallest absolute Gasteiger partial charge is 0.287 e. The average Bonchev–Trinajstić information content (AvgIpc) is 3.26. The predicted molar refractivity (Wildman–Crippen MR) is 121 cm³/mol. The fourth-order valence-corrected chi connectivity index (χ4v) is 3.65. The molecule has 5 nitrogen and oxygen atoms in total. The molecule has 4 rings (SSSR count). The molecule has 1 aliphatic rings. The molecule has 0 fully saturated rings. The third-order valence-corrected chi connectivity index (χ3v) is 5.45. The topological polar surface area (TPSA) is 65.8 Å². The molecule has 1 amide bonds. The molecule has 1 heterocycles. The van der Waals surface area contributed by atoms with E-state index in [1.54, 1.807) is 12.1 Å². The molecule has 1 aliphatic heterocycles. The minimum atomic E-state index is -0.593. The van der Waals surface area contributed by atoms with Crippen LogP contribution in [-0.4, -0.2) is 17.3 Å². The van der Waals surface area contributed by atoms with E-state index >= 15 is 0 Å². The standard InChI is InChI=1S/C24H21ClN4O/c1-17(18-12-14-21(25)15-13-18)26-28-23(30)22-16-24(29-27-22,19-8-4-2-5-9-19)20-10-6-3-7-11-20/h2-15,29H,16H2,1H3,(H,28,30)/b26-17+. The molecule has 0 aromatic heterocycles. The number of benzene rings is 3. The van der Waals surface area contributed by atoms with E-state index in [2.05, 4.69) is 21.1 Å². The molecule has 3 aromatic rings. The molecule has 0 unspecified atom stereocenters. The number of nitrogens with one attached hydrogen (secondary N) is 2. The normalized spacial score (nSPS) is 15.3. The van der Waals surface area contributed by atoms with Gasteiger partial charge in [0.05, 0.1) is 5.71 Å². The molecular weight excluding hydrogens is 396 g/mol. The summed E-state index contributed by atoms with van der Waals surface area (Å²) in [5, 5.41) is 9.25. The number of hydrogen-bond donors (Lipinski definition) is 2. The Hall–Kier alpha value is -3.44. The third kappa shape index (κ3) is 3.98. The van der Waals surface area contributed by atoms with Crippen molar-refractivity contribution < 1.29 is 4.79 Å². The quantitative estimate of drug-likeness (QED) is 0.476. The van der Waals surface area contributed by atoms with Crippen molar-refractivity contribution in [3.05, 3.63) is 107 Å². The number of hydrogen-bond acceptors (Lipinski definition) is 4. The van der Waals surface area contributed by atoms with Gasteiger partial charge in [0, 0.05) is 11.4 Å². The summed E-state index contributed by atoms with van der Waals surface area (Å²) in [5.41, 5.74) is 9.31. The molecule has 6 heteroatoms. The van der Waals surface area contributed by atoms with Gasteiger partial charge in [0.15, 0.2) is 0 Å². The van der Waals surface area contributed by atoms with Crippen molar-refractivity contribution in [3.8, 4) is 0 Å². The number of nitrogens with zero attached hydrogens (tertiary/aromatic N) is 2. The van der Waals surface area contributed by atoms with Crippen molar-refractivity contribution in [2.24, 2.45) is 10.2 Å². The highest BCUT2D eigenvalue weighted by Gasteiger charge is 2.41. The van der Waals surface area contributed by atoms with E-state index in [9.17, 15) is 4.79 Å². The van der Waals surface area contributed by atoms with Crippen LogP contribution in [0.3, 0.4) is 0 Å². The zero-order valence-corrected chi connectivity index (χ0v) is 17.2. The zero-order chi connectivity index (χ0) is 21.0. The van der Waals surface area contributed by atoms with Crippen LogP contribution in [0, 0.1) is 0 Å². The fraction of sp³-hybridized carbons (Fsp3) is 0.125. The lowest BCUT2D eigenvalue weighted by Gasteiger charge is -2.30. The SMILES string of the molecule is C/C(=N\NC(=O)C1=NNC(c2ccccc2)(c2ccccc2)C1)c1ccc(Cl)cc1. The summed E-state index contributed by atoms with van der Waals surface area (Å²) in [6.07, 6.45) is 0.419. The second kappa shape index (κ2) is 8.51. The molecule has 0 bridgehead atoms. The zero-order valence-electron chi connectivity index (χ0n) is 16.5. The third-order valence-electron chi connectivity index (χ3n) is 5.20. The van der Waals surface area contributed by atoms with Gasteiger partial charge in [0.25, 0.3) is 5.91 Å². The second-order valence-electron chi connectivity index (χ2n) is 7.13. The number of halogens is 1. The summed E-state index contributed by atoms with van der Waals surface area (Å²) >= 11 is 5.93. The Morgan fingerprint density at radius 2 is 1.53 bits per heavy atom. The predicted octanol–water partition coefficient (Wildman–Crippen LogP) is 4.47. The van der Waals surface area contributed by atoms with E-state index in [0.29, 0.717) is 22.9 Å². The van der Waals surface area contributed by atoms with Crippen LogP contribution in [0.1, 0.15) is 30.0 Å². The Labute approximate surface area is 180 Å². The maximum atomic E-state index is 12.8. The number of hydrazone groups is 2. The lowest BCUT2D eigenvalue weighted by atomic mass is 9.80. The van der Waals surface area contributed by atoms with E-state index in [4.69, 9.17) is 11.6 Å². The van der Waals surface area contributed by atoms with E-state index in [1.165, 1.54) is 0 Å². The van der Waals surface area contributed by atoms with Gasteiger partial charge in [0.2, 0.25) is 0 Å². The molecule has 0 saturated carbocycles. The first-order valence-electron chi connectivity index (χ1n) is 9.64. The molecular formula is C24H21ClN4O. The van der Waals surface area contributed by atoms with Crippen LogP contribution in [0.5, 0.6) is 0 Å². The number of carbonyl (C=O) groups is 1. The Balaban J connectivity index is 1.54. The van der Waals surface area contributed by atoms with Crippen LogP contribution >= 0.6 is 11.6 Å². The van der Waals surface area contributed by atoms with Crippen molar-refractivity contribution in [1.82, 2.24) is 10.9 Å².